The van der Waals surface area contributed by atoms with Gasteiger partial charge in [0.25, 0.3) is 0 Å². The zero-order valence-electron chi connectivity index (χ0n) is 11.2. The molecule has 0 aromatic rings. The Morgan fingerprint density at radius 3 is 2.41 bits per heavy atom. The van der Waals surface area contributed by atoms with Gasteiger partial charge in [-0.25, -0.2) is 0 Å². The summed E-state index contributed by atoms with van der Waals surface area (Å²) >= 11 is 0. The van der Waals surface area contributed by atoms with E-state index in [0.717, 1.165) is 12.8 Å². The maximum absolute atomic E-state index is 11.8. The van der Waals surface area contributed by atoms with Gasteiger partial charge in [-0.2, -0.15) is 0 Å². The van der Waals surface area contributed by atoms with Gasteiger partial charge in [-0.3, -0.25) is 4.79 Å². The van der Waals surface area contributed by atoms with E-state index >= 15 is 0 Å². The quantitative estimate of drug-likeness (QED) is 0.652. The summed E-state index contributed by atoms with van der Waals surface area (Å²) in [7, 11) is 0. The molecule has 0 aromatic carbocycles. The number of carbonyl (C=O) groups excluding carboxylic acids is 1. The highest BCUT2D eigenvalue weighted by atomic mass is 16.3. The van der Waals surface area contributed by atoms with Gasteiger partial charge in [-0.05, 0) is 25.7 Å². The number of hydrogen-bond donors (Lipinski definition) is 3. The first kappa shape index (κ1) is 14.5. The summed E-state index contributed by atoms with van der Waals surface area (Å²) in [5, 5.41) is 15.8. The molecule has 0 radical (unpaired) electrons. The van der Waals surface area contributed by atoms with Crippen LogP contribution >= 0.6 is 0 Å². The minimum Gasteiger partial charge on any atom is -0.392 e. The lowest BCUT2D eigenvalue weighted by molar-refractivity contribution is -0.123. The lowest BCUT2D eigenvalue weighted by atomic mass is 10.1. The summed E-state index contributed by atoms with van der Waals surface area (Å²) in [6, 6.07) is 0.130. The van der Waals surface area contributed by atoms with Crippen molar-refractivity contribution in [3.63, 3.8) is 0 Å². The molecular weight excluding hydrogens is 216 g/mol. The molecule has 0 aromatic heterocycles. The smallest absolute Gasteiger partial charge is 0.237 e. The Labute approximate surface area is 104 Å². The predicted octanol–water partition coefficient (Wildman–Crippen LogP) is 1.04. The van der Waals surface area contributed by atoms with Gasteiger partial charge in [0.05, 0.1) is 12.1 Å². The fourth-order valence-corrected chi connectivity index (χ4v) is 2.02. The highest BCUT2D eigenvalue weighted by Gasteiger charge is 2.21. The average molecular weight is 242 g/mol. The van der Waals surface area contributed by atoms with E-state index in [9.17, 15) is 9.90 Å². The minimum atomic E-state index is -0.392. The number of aliphatic hydroxyl groups excluding tert-OH is 1. The van der Waals surface area contributed by atoms with E-state index in [1.165, 1.54) is 12.8 Å². The molecule has 2 atom stereocenters. The fourth-order valence-electron chi connectivity index (χ4n) is 2.02. The molecule has 0 saturated heterocycles. The topological polar surface area (TPSA) is 61.4 Å². The SMILES string of the molecule is CC(NCC(O)C(C)C)C(=O)NC1CCCC1. The molecule has 0 spiro atoms. The second-order valence-corrected chi connectivity index (χ2v) is 5.43. The lowest BCUT2D eigenvalue weighted by Crippen LogP contribution is -2.47. The van der Waals surface area contributed by atoms with Gasteiger partial charge in [0.2, 0.25) is 5.91 Å². The molecule has 17 heavy (non-hydrogen) atoms. The summed E-state index contributed by atoms with van der Waals surface area (Å²) < 4.78 is 0. The molecular formula is C13H26N2O2. The van der Waals surface area contributed by atoms with Crippen molar-refractivity contribution in [3.8, 4) is 0 Å². The minimum absolute atomic E-state index is 0.0489. The summed E-state index contributed by atoms with van der Waals surface area (Å²) in [5.41, 5.74) is 0. The molecule has 1 aliphatic rings. The lowest BCUT2D eigenvalue weighted by Gasteiger charge is -2.20. The van der Waals surface area contributed by atoms with Crippen molar-refractivity contribution in [2.45, 2.75) is 64.6 Å². The van der Waals surface area contributed by atoms with E-state index in [4.69, 9.17) is 0 Å². The maximum atomic E-state index is 11.8. The number of aliphatic hydroxyl groups is 1. The first-order valence-corrected chi connectivity index (χ1v) is 6.72. The van der Waals surface area contributed by atoms with Crippen LogP contribution in [0.5, 0.6) is 0 Å². The maximum Gasteiger partial charge on any atom is 0.237 e. The molecule has 100 valence electrons. The Hall–Kier alpha value is -0.610. The van der Waals surface area contributed by atoms with Crippen molar-refractivity contribution in [2.75, 3.05) is 6.54 Å². The van der Waals surface area contributed by atoms with Crippen LogP contribution in [-0.2, 0) is 4.79 Å². The zero-order valence-corrected chi connectivity index (χ0v) is 11.2. The van der Waals surface area contributed by atoms with E-state index < -0.39 is 6.10 Å². The van der Waals surface area contributed by atoms with Crippen LogP contribution in [0.1, 0.15) is 46.5 Å². The number of hydrogen-bond acceptors (Lipinski definition) is 3. The Morgan fingerprint density at radius 2 is 1.88 bits per heavy atom. The van der Waals surface area contributed by atoms with Crippen LogP contribution in [-0.4, -0.2) is 35.7 Å². The van der Waals surface area contributed by atoms with Crippen LogP contribution in [0.15, 0.2) is 0 Å². The monoisotopic (exact) mass is 242 g/mol. The number of carbonyl (C=O) groups is 1. The molecule has 1 fully saturated rings. The molecule has 0 bridgehead atoms. The standard InChI is InChI=1S/C13H26N2O2/c1-9(2)12(16)8-14-10(3)13(17)15-11-6-4-5-7-11/h9-12,14,16H,4-8H2,1-3H3,(H,15,17). The van der Waals surface area contributed by atoms with Gasteiger partial charge >= 0.3 is 0 Å². The Balaban J connectivity index is 2.21. The van der Waals surface area contributed by atoms with Gasteiger partial charge in [0, 0.05) is 12.6 Å². The van der Waals surface area contributed by atoms with Crippen LogP contribution in [0.25, 0.3) is 0 Å². The van der Waals surface area contributed by atoms with Crippen LogP contribution in [0.4, 0.5) is 0 Å². The molecule has 0 aliphatic heterocycles. The summed E-state index contributed by atoms with van der Waals surface area (Å²) in [6.07, 6.45) is 4.26. The number of rotatable bonds is 6. The van der Waals surface area contributed by atoms with Crippen molar-refractivity contribution in [1.29, 1.82) is 0 Å². The summed E-state index contributed by atoms with van der Waals surface area (Å²) in [6.45, 7) is 6.25. The largest absolute Gasteiger partial charge is 0.392 e. The highest BCUT2D eigenvalue weighted by molar-refractivity contribution is 5.81. The van der Waals surface area contributed by atoms with Crippen molar-refractivity contribution in [2.24, 2.45) is 5.92 Å². The molecule has 4 heteroatoms. The Kier molecular flexibility index (Phi) is 5.92. The second kappa shape index (κ2) is 6.97. The third-order valence-electron chi connectivity index (χ3n) is 3.50. The van der Waals surface area contributed by atoms with Gasteiger partial charge in [-0.1, -0.05) is 26.7 Å². The third kappa shape index (κ3) is 5.04. The van der Waals surface area contributed by atoms with Crippen LogP contribution in [0, 0.1) is 5.92 Å². The number of nitrogens with one attached hydrogen (secondary N) is 2. The van der Waals surface area contributed by atoms with Crippen LogP contribution < -0.4 is 10.6 Å². The Bertz CT molecular complexity index is 238. The van der Waals surface area contributed by atoms with Gasteiger partial charge in [0.1, 0.15) is 0 Å². The van der Waals surface area contributed by atoms with Crippen molar-refractivity contribution >= 4 is 5.91 Å². The van der Waals surface area contributed by atoms with Crippen molar-refractivity contribution in [3.05, 3.63) is 0 Å². The molecule has 1 amide bonds. The Morgan fingerprint density at radius 1 is 1.29 bits per heavy atom. The predicted molar refractivity (Wildman–Crippen MR) is 68.7 cm³/mol. The normalized spacial score (nSPS) is 20.5. The fraction of sp³-hybridized carbons (Fsp3) is 0.923. The molecule has 4 nitrogen and oxygen atoms in total. The molecule has 2 unspecified atom stereocenters. The summed E-state index contributed by atoms with van der Waals surface area (Å²) in [4.78, 5) is 11.8. The molecule has 1 aliphatic carbocycles. The zero-order chi connectivity index (χ0) is 12.8. The van der Waals surface area contributed by atoms with Gasteiger partial charge < -0.3 is 15.7 Å². The molecule has 0 heterocycles. The third-order valence-corrected chi connectivity index (χ3v) is 3.50. The van der Waals surface area contributed by atoms with Crippen LogP contribution in [0.2, 0.25) is 0 Å². The van der Waals surface area contributed by atoms with E-state index in [1.54, 1.807) is 0 Å². The first-order chi connectivity index (χ1) is 8.00. The van der Waals surface area contributed by atoms with E-state index in [-0.39, 0.29) is 17.9 Å². The van der Waals surface area contributed by atoms with E-state index in [2.05, 4.69) is 10.6 Å². The summed E-state index contributed by atoms with van der Waals surface area (Å²) in [5.74, 6) is 0.264. The average Bonchev–Trinajstić information content (AvgIpc) is 2.77. The van der Waals surface area contributed by atoms with E-state index in [1.807, 2.05) is 20.8 Å². The molecule has 3 N–H and O–H groups in total. The van der Waals surface area contributed by atoms with Crippen LogP contribution in [0.3, 0.4) is 0 Å². The van der Waals surface area contributed by atoms with Crippen molar-refractivity contribution in [1.82, 2.24) is 10.6 Å². The number of amides is 1. The molecule has 1 saturated carbocycles. The molecule has 1 rings (SSSR count). The van der Waals surface area contributed by atoms with Gasteiger partial charge in [0.15, 0.2) is 0 Å². The second-order valence-electron chi connectivity index (χ2n) is 5.43. The first-order valence-electron chi connectivity index (χ1n) is 6.72. The van der Waals surface area contributed by atoms with Gasteiger partial charge in [-0.15, -0.1) is 0 Å². The van der Waals surface area contributed by atoms with E-state index in [0.29, 0.717) is 12.6 Å². The highest BCUT2D eigenvalue weighted by Crippen LogP contribution is 2.17. The van der Waals surface area contributed by atoms with Crippen molar-refractivity contribution < 1.29 is 9.90 Å².